The average Bonchev–Trinajstić information content (AvgIpc) is 3.17. The molecule has 10 heteroatoms. The van der Waals surface area contributed by atoms with Gasteiger partial charge in [-0.1, -0.05) is 198 Å². The molecular weight excluding hydrogens is 723 g/mol. The molecule has 0 aliphatic rings. The maximum absolute atomic E-state index is 12.8. The Morgan fingerprint density at radius 1 is 0.607 bits per heavy atom. The summed E-state index contributed by atoms with van der Waals surface area (Å²) in [5.74, 6) is -0.458. The molecule has 1 amide bonds. The molecule has 330 valence electrons. The number of amides is 1. The van der Waals surface area contributed by atoms with E-state index in [1.54, 1.807) is 6.08 Å². The van der Waals surface area contributed by atoms with Crippen molar-refractivity contribution in [3.05, 3.63) is 36.5 Å². The Labute approximate surface area is 344 Å². The lowest BCUT2D eigenvalue weighted by molar-refractivity contribution is -0.124. The van der Waals surface area contributed by atoms with Crippen molar-refractivity contribution in [1.82, 2.24) is 5.32 Å². The van der Waals surface area contributed by atoms with Crippen molar-refractivity contribution in [2.24, 2.45) is 5.73 Å². The number of aliphatic hydroxyl groups excluding tert-OH is 2. The van der Waals surface area contributed by atoms with Crippen molar-refractivity contribution in [3.8, 4) is 0 Å². The van der Waals surface area contributed by atoms with Crippen molar-refractivity contribution < 1.29 is 33.5 Å². The van der Waals surface area contributed by atoms with Gasteiger partial charge in [-0.25, -0.2) is 4.57 Å². The number of rotatable bonds is 43. The smallest absolute Gasteiger partial charge is 0.393 e. The van der Waals surface area contributed by atoms with Gasteiger partial charge in [0.15, 0.2) is 0 Å². The van der Waals surface area contributed by atoms with Gasteiger partial charge in [0.1, 0.15) is 0 Å². The molecule has 0 aliphatic carbocycles. The molecule has 0 aromatic heterocycles. The summed E-state index contributed by atoms with van der Waals surface area (Å²) in [6.45, 7) is 3.95. The van der Waals surface area contributed by atoms with Crippen LogP contribution in [0.2, 0.25) is 0 Å². The van der Waals surface area contributed by atoms with Crippen LogP contribution in [0.15, 0.2) is 36.5 Å². The first kappa shape index (κ1) is 54.7. The summed E-state index contributed by atoms with van der Waals surface area (Å²) in [7, 11) is -4.41. The van der Waals surface area contributed by atoms with Crippen LogP contribution in [0.5, 0.6) is 0 Å². The second kappa shape index (κ2) is 41.8. The van der Waals surface area contributed by atoms with Gasteiger partial charge in [-0.2, -0.15) is 0 Å². The lowest BCUT2D eigenvalue weighted by Crippen LogP contribution is -2.46. The van der Waals surface area contributed by atoms with Crippen LogP contribution in [0.1, 0.15) is 213 Å². The number of nitrogens with two attached hydrogens (primary N) is 1. The summed E-state index contributed by atoms with van der Waals surface area (Å²) >= 11 is 0. The molecule has 0 bridgehead atoms. The molecule has 0 saturated carbocycles. The lowest BCUT2D eigenvalue weighted by atomic mass is 10.0. The molecule has 0 aliphatic heterocycles. The predicted octanol–water partition coefficient (Wildman–Crippen LogP) is 12.1. The maximum atomic E-state index is 12.8. The van der Waals surface area contributed by atoms with Gasteiger partial charge in [-0.3, -0.25) is 13.8 Å². The van der Waals surface area contributed by atoms with E-state index >= 15 is 0 Å². The fourth-order valence-electron chi connectivity index (χ4n) is 6.74. The van der Waals surface area contributed by atoms with Crippen LogP contribution >= 0.6 is 7.82 Å². The quantitative estimate of drug-likeness (QED) is 0.0232. The van der Waals surface area contributed by atoms with Crippen molar-refractivity contribution >= 4 is 13.7 Å². The Hall–Kier alpha value is -1.32. The van der Waals surface area contributed by atoms with Crippen LogP contribution in [0.25, 0.3) is 0 Å². The van der Waals surface area contributed by atoms with Gasteiger partial charge in [0.25, 0.3) is 0 Å². The van der Waals surface area contributed by atoms with Gasteiger partial charge in [0.05, 0.1) is 37.9 Å². The number of hydrogen-bond acceptors (Lipinski definition) is 7. The Bertz CT molecular complexity index is 993. The third kappa shape index (κ3) is 39.5. The Morgan fingerprint density at radius 3 is 1.48 bits per heavy atom. The number of phosphoric acid groups is 1. The molecule has 0 saturated heterocycles. The number of allylic oxidation sites excluding steroid dienone is 5. The zero-order chi connectivity index (χ0) is 41.2. The van der Waals surface area contributed by atoms with Gasteiger partial charge in [0.2, 0.25) is 5.91 Å². The third-order valence-electron chi connectivity index (χ3n) is 10.3. The number of nitrogens with one attached hydrogen (secondary N) is 1. The summed E-state index contributed by atoms with van der Waals surface area (Å²) in [4.78, 5) is 22.8. The van der Waals surface area contributed by atoms with E-state index in [1.165, 1.54) is 135 Å². The first-order valence-electron chi connectivity index (χ1n) is 23.2. The number of hydrogen-bond donors (Lipinski definition) is 5. The molecular formula is C46H89N2O7P. The minimum Gasteiger partial charge on any atom is -0.393 e. The Morgan fingerprint density at radius 2 is 1.02 bits per heavy atom. The van der Waals surface area contributed by atoms with Crippen LogP contribution in [-0.2, 0) is 18.4 Å². The molecule has 4 unspecified atom stereocenters. The fourth-order valence-corrected chi connectivity index (χ4v) is 7.50. The van der Waals surface area contributed by atoms with Crippen molar-refractivity contribution in [3.63, 3.8) is 0 Å². The largest absolute Gasteiger partial charge is 0.472 e. The second-order valence-electron chi connectivity index (χ2n) is 15.8. The monoisotopic (exact) mass is 813 g/mol. The molecule has 56 heavy (non-hydrogen) atoms. The molecule has 0 aromatic rings. The first-order valence-corrected chi connectivity index (χ1v) is 24.7. The van der Waals surface area contributed by atoms with E-state index in [9.17, 15) is 24.5 Å². The van der Waals surface area contributed by atoms with Gasteiger partial charge in [-0.15, -0.1) is 0 Å². The Kier molecular flexibility index (Phi) is 40.8. The van der Waals surface area contributed by atoms with Crippen LogP contribution < -0.4 is 11.1 Å². The highest BCUT2D eigenvalue weighted by Gasteiger charge is 2.27. The van der Waals surface area contributed by atoms with Crippen LogP contribution in [0.4, 0.5) is 0 Å². The highest BCUT2D eigenvalue weighted by atomic mass is 31.2. The molecule has 0 heterocycles. The molecule has 0 aromatic carbocycles. The number of unbranched alkanes of at least 4 members (excludes halogenated alkanes) is 25. The third-order valence-corrected chi connectivity index (χ3v) is 11.2. The molecule has 0 rings (SSSR count). The topological polar surface area (TPSA) is 151 Å². The van der Waals surface area contributed by atoms with Gasteiger partial charge >= 0.3 is 7.82 Å². The van der Waals surface area contributed by atoms with E-state index < -0.39 is 38.6 Å². The molecule has 0 spiro atoms. The highest BCUT2D eigenvalue weighted by Crippen LogP contribution is 2.43. The zero-order valence-electron chi connectivity index (χ0n) is 36.2. The van der Waals surface area contributed by atoms with Crippen molar-refractivity contribution in [2.75, 3.05) is 19.8 Å². The van der Waals surface area contributed by atoms with Crippen molar-refractivity contribution in [2.45, 2.75) is 231 Å². The zero-order valence-corrected chi connectivity index (χ0v) is 37.1. The van der Waals surface area contributed by atoms with E-state index in [4.69, 9.17) is 14.8 Å². The molecule has 6 N–H and O–H groups in total. The predicted molar refractivity (Wildman–Crippen MR) is 237 cm³/mol. The summed E-state index contributed by atoms with van der Waals surface area (Å²) in [6.07, 6.45) is 46.6. The van der Waals surface area contributed by atoms with E-state index in [1.807, 2.05) is 6.08 Å². The minimum absolute atomic E-state index is 0.0429. The standard InChI is InChI=1S/C46H89N2O7P/c1-3-5-7-9-11-13-15-17-19-21-22-23-25-27-29-31-33-35-37-43(49)41-46(51)48-44(42-55-56(52,53)54-40-39-47)45(50)38-36-34-32-30-28-26-24-20-18-16-14-12-10-8-6-4-2/h18,20,28,30,36,38,43-45,49-50H,3-17,19,21-27,29,31-35,37,39-42,47H2,1-2H3,(H,48,51)(H,52,53)/b20-18+,30-28+,38-36+. The average molecular weight is 813 g/mol. The van der Waals surface area contributed by atoms with Gasteiger partial charge < -0.3 is 26.2 Å². The van der Waals surface area contributed by atoms with E-state index in [0.29, 0.717) is 12.8 Å². The molecule has 9 nitrogen and oxygen atoms in total. The van der Waals surface area contributed by atoms with Gasteiger partial charge in [0, 0.05) is 6.54 Å². The Balaban J connectivity index is 4.31. The number of aliphatic hydroxyl groups is 2. The maximum Gasteiger partial charge on any atom is 0.472 e. The van der Waals surface area contributed by atoms with Gasteiger partial charge in [-0.05, 0) is 44.9 Å². The summed E-state index contributed by atoms with van der Waals surface area (Å²) in [5.41, 5.74) is 5.36. The molecule has 0 fully saturated rings. The fraction of sp³-hybridized carbons (Fsp3) is 0.848. The van der Waals surface area contributed by atoms with Crippen LogP contribution in [-0.4, -0.2) is 59.0 Å². The minimum atomic E-state index is -4.41. The highest BCUT2D eigenvalue weighted by molar-refractivity contribution is 7.47. The number of phosphoric ester groups is 1. The summed E-state index contributed by atoms with van der Waals surface area (Å²) in [5, 5.41) is 24.1. The number of carbonyl (C=O) groups excluding carboxylic acids is 1. The SMILES string of the molecule is CCCCCCCC/C=C/CC/C=C/CC/C=C/C(O)C(COP(=O)(O)OCCN)NC(=O)CC(O)CCCCCCCCCCCCCCCCCCCC. The van der Waals surface area contributed by atoms with E-state index in [-0.39, 0.29) is 19.6 Å². The summed E-state index contributed by atoms with van der Waals surface area (Å²) < 4.78 is 22.1. The number of carbonyl (C=O) groups is 1. The van der Waals surface area contributed by atoms with Crippen LogP contribution in [0.3, 0.4) is 0 Å². The van der Waals surface area contributed by atoms with E-state index in [2.05, 4.69) is 43.5 Å². The summed E-state index contributed by atoms with van der Waals surface area (Å²) in [6, 6.07) is -1.00. The molecule has 0 radical (unpaired) electrons. The normalized spacial score (nSPS) is 14.9. The first-order chi connectivity index (χ1) is 27.3. The lowest BCUT2D eigenvalue weighted by Gasteiger charge is -2.24. The van der Waals surface area contributed by atoms with E-state index in [0.717, 1.165) is 44.9 Å². The van der Waals surface area contributed by atoms with Crippen molar-refractivity contribution in [1.29, 1.82) is 0 Å². The molecule has 4 atom stereocenters. The van der Waals surface area contributed by atoms with Crippen LogP contribution in [0, 0.1) is 0 Å². The second-order valence-corrected chi connectivity index (χ2v) is 17.2.